The van der Waals surface area contributed by atoms with Crippen LogP contribution >= 0.6 is 0 Å². The van der Waals surface area contributed by atoms with Gasteiger partial charge in [0, 0.05) is 18.0 Å². The first-order valence-electron chi connectivity index (χ1n) is 5.55. The van der Waals surface area contributed by atoms with E-state index in [-0.39, 0.29) is 17.9 Å². The molecule has 3 atom stereocenters. The van der Waals surface area contributed by atoms with E-state index < -0.39 is 0 Å². The third kappa shape index (κ3) is 1.92. The lowest BCUT2D eigenvalue weighted by atomic mass is 10.1. The summed E-state index contributed by atoms with van der Waals surface area (Å²) in [6, 6.07) is 0.657. The minimum Gasteiger partial charge on any atom is -0.353 e. The highest BCUT2D eigenvalue weighted by atomic mass is 16.2. The summed E-state index contributed by atoms with van der Waals surface area (Å²) >= 11 is 0. The Morgan fingerprint density at radius 3 is 2.50 bits per heavy atom. The van der Waals surface area contributed by atoms with E-state index in [4.69, 9.17) is 5.73 Å². The summed E-state index contributed by atoms with van der Waals surface area (Å²) in [5, 5.41) is 3.11. The van der Waals surface area contributed by atoms with Crippen molar-refractivity contribution in [3.8, 4) is 0 Å². The molecular weight excluding hydrogens is 176 g/mol. The van der Waals surface area contributed by atoms with Crippen LogP contribution in [0.15, 0.2) is 0 Å². The molecule has 14 heavy (non-hydrogen) atoms. The summed E-state index contributed by atoms with van der Waals surface area (Å²) in [6.07, 6.45) is 3.97. The molecule has 0 radical (unpaired) electrons. The highest BCUT2D eigenvalue weighted by Gasteiger charge is 2.47. The number of carbonyl (C=O) groups is 1. The zero-order valence-electron chi connectivity index (χ0n) is 9.05. The highest BCUT2D eigenvalue weighted by molar-refractivity contribution is 5.79. The van der Waals surface area contributed by atoms with Gasteiger partial charge in [-0.2, -0.15) is 0 Å². The molecule has 0 aromatic carbocycles. The van der Waals surface area contributed by atoms with Crippen LogP contribution in [-0.4, -0.2) is 18.0 Å². The van der Waals surface area contributed by atoms with Crippen LogP contribution in [-0.2, 0) is 4.79 Å². The van der Waals surface area contributed by atoms with E-state index in [1.165, 1.54) is 0 Å². The van der Waals surface area contributed by atoms with E-state index in [2.05, 4.69) is 19.2 Å². The third-order valence-electron chi connectivity index (χ3n) is 3.67. The van der Waals surface area contributed by atoms with E-state index in [1.807, 2.05) is 0 Å². The van der Waals surface area contributed by atoms with Crippen molar-refractivity contribution in [2.75, 3.05) is 0 Å². The van der Waals surface area contributed by atoms with E-state index in [0.717, 1.165) is 25.7 Å². The summed E-state index contributed by atoms with van der Waals surface area (Å²) in [4.78, 5) is 11.8. The summed E-state index contributed by atoms with van der Waals surface area (Å²) in [7, 11) is 0. The van der Waals surface area contributed by atoms with Gasteiger partial charge in [0.1, 0.15) is 0 Å². The van der Waals surface area contributed by atoms with Gasteiger partial charge in [0.05, 0.1) is 0 Å². The summed E-state index contributed by atoms with van der Waals surface area (Å²) in [6.45, 7) is 4.39. The summed E-state index contributed by atoms with van der Waals surface area (Å²) in [5.74, 6) is 0.412. The molecule has 2 saturated carbocycles. The molecule has 3 unspecified atom stereocenters. The molecule has 3 nitrogen and oxygen atoms in total. The molecule has 2 fully saturated rings. The van der Waals surface area contributed by atoms with Crippen LogP contribution in [0.1, 0.15) is 39.5 Å². The van der Waals surface area contributed by atoms with Crippen molar-refractivity contribution >= 4 is 5.91 Å². The Hall–Kier alpha value is -0.570. The predicted molar refractivity (Wildman–Crippen MR) is 55.6 cm³/mol. The molecule has 0 aliphatic heterocycles. The molecular formula is C11H20N2O. The number of nitrogens with one attached hydrogen (secondary N) is 1. The van der Waals surface area contributed by atoms with Crippen LogP contribution < -0.4 is 11.1 Å². The normalized spacial score (nSPS) is 39.5. The lowest BCUT2D eigenvalue weighted by molar-refractivity contribution is -0.125. The molecule has 2 aliphatic carbocycles. The number of nitrogens with two attached hydrogens (primary N) is 1. The molecule has 1 amide bonds. The van der Waals surface area contributed by atoms with Gasteiger partial charge in [-0.1, -0.05) is 13.8 Å². The minimum atomic E-state index is 0.182. The van der Waals surface area contributed by atoms with E-state index in [1.54, 1.807) is 0 Å². The number of rotatable bonds is 2. The Kier molecular flexibility index (Phi) is 2.30. The Labute approximate surface area is 85.4 Å². The van der Waals surface area contributed by atoms with Crippen molar-refractivity contribution in [1.29, 1.82) is 0 Å². The fourth-order valence-electron chi connectivity index (χ4n) is 2.26. The quantitative estimate of drug-likeness (QED) is 0.693. The average Bonchev–Trinajstić information content (AvgIpc) is 2.52. The molecule has 0 bridgehead atoms. The maximum Gasteiger partial charge on any atom is 0.223 e. The zero-order chi connectivity index (χ0) is 10.3. The molecule has 2 aliphatic rings. The molecule has 0 aromatic heterocycles. The molecule has 3 N–H and O–H groups in total. The third-order valence-corrected chi connectivity index (χ3v) is 3.67. The van der Waals surface area contributed by atoms with Crippen LogP contribution in [0.25, 0.3) is 0 Å². The van der Waals surface area contributed by atoms with Gasteiger partial charge in [0.2, 0.25) is 5.91 Å². The van der Waals surface area contributed by atoms with Gasteiger partial charge in [0.15, 0.2) is 0 Å². The van der Waals surface area contributed by atoms with Gasteiger partial charge in [-0.25, -0.2) is 0 Å². The second kappa shape index (κ2) is 3.23. The van der Waals surface area contributed by atoms with E-state index >= 15 is 0 Å². The topological polar surface area (TPSA) is 55.1 Å². The van der Waals surface area contributed by atoms with Crippen molar-refractivity contribution in [1.82, 2.24) is 5.32 Å². The Morgan fingerprint density at radius 2 is 2.07 bits per heavy atom. The Balaban J connectivity index is 1.79. The molecule has 0 saturated heterocycles. The molecule has 0 aromatic rings. The summed E-state index contributed by atoms with van der Waals surface area (Å²) in [5.41, 5.74) is 6.11. The van der Waals surface area contributed by atoms with Gasteiger partial charge in [-0.3, -0.25) is 4.79 Å². The van der Waals surface area contributed by atoms with Crippen LogP contribution in [0.3, 0.4) is 0 Å². The number of hydrogen-bond donors (Lipinski definition) is 2. The monoisotopic (exact) mass is 196 g/mol. The Bertz CT molecular complexity index is 250. The molecule has 80 valence electrons. The summed E-state index contributed by atoms with van der Waals surface area (Å²) < 4.78 is 0. The van der Waals surface area contributed by atoms with Crippen molar-refractivity contribution < 1.29 is 4.79 Å². The van der Waals surface area contributed by atoms with Crippen LogP contribution in [0.5, 0.6) is 0 Å². The first-order chi connectivity index (χ1) is 6.49. The second-order valence-electron chi connectivity index (χ2n) is 5.52. The van der Waals surface area contributed by atoms with Crippen LogP contribution in [0, 0.1) is 11.3 Å². The molecule has 0 spiro atoms. The molecule has 3 heteroatoms. The van der Waals surface area contributed by atoms with Gasteiger partial charge in [-0.05, 0) is 31.1 Å². The number of hydrogen-bond acceptors (Lipinski definition) is 2. The van der Waals surface area contributed by atoms with E-state index in [9.17, 15) is 4.79 Å². The second-order valence-corrected chi connectivity index (χ2v) is 5.52. The predicted octanol–water partition coefficient (Wildman–Crippen LogP) is 1.03. The van der Waals surface area contributed by atoms with Gasteiger partial charge < -0.3 is 11.1 Å². The molecule has 2 rings (SSSR count). The van der Waals surface area contributed by atoms with Gasteiger partial charge in [-0.15, -0.1) is 0 Å². The number of carbonyl (C=O) groups excluding carboxylic acids is 1. The maximum absolute atomic E-state index is 11.8. The van der Waals surface area contributed by atoms with Crippen LogP contribution in [0.2, 0.25) is 0 Å². The van der Waals surface area contributed by atoms with Crippen molar-refractivity contribution in [3.63, 3.8) is 0 Å². The lowest BCUT2D eigenvalue weighted by Gasteiger charge is -2.11. The van der Waals surface area contributed by atoms with Gasteiger partial charge >= 0.3 is 0 Å². The van der Waals surface area contributed by atoms with E-state index in [0.29, 0.717) is 11.5 Å². The minimum absolute atomic E-state index is 0.182. The fourth-order valence-corrected chi connectivity index (χ4v) is 2.26. The van der Waals surface area contributed by atoms with Crippen molar-refractivity contribution in [2.24, 2.45) is 17.1 Å². The van der Waals surface area contributed by atoms with Gasteiger partial charge in [0.25, 0.3) is 0 Å². The smallest absolute Gasteiger partial charge is 0.223 e. The Morgan fingerprint density at radius 1 is 1.43 bits per heavy atom. The first kappa shape index (κ1) is 9.97. The van der Waals surface area contributed by atoms with Crippen molar-refractivity contribution in [3.05, 3.63) is 0 Å². The van der Waals surface area contributed by atoms with Crippen LogP contribution in [0.4, 0.5) is 0 Å². The van der Waals surface area contributed by atoms with Crippen molar-refractivity contribution in [2.45, 2.75) is 51.6 Å². The standard InChI is InChI=1S/C11H20N2O/c1-11(2)6-9(11)13-10(14)7-3-4-8(12)5-7/h7-9H,3-6,12H2,1-2H3,(H,13,14). The SMILES string of the molecule is CC1(C)CC1NC(=O)C1CCC(N)C1. The first-order valence-corrected chi connectivity index (χ1v) is 5.55. The highest BCUT2D eigenvalue weighted by Crippen LogP contribution is 2.44. The molecule has 0 heterocycles. The lowest BCUT2D eigenvalue weighted by Crippen LogP contribution is -2.33. The number of amides is 1. The zero-order valence-corrected chi connectivity index (χ0v) is 9.05. The largest absolute Gasteiger partial charge is 0.353 e. The fraction of sp³-hybridized carbons (Fsp3) is 0.909. The average molecular weight is 196 g/mol. The maximum atomic E-state index is 11.8.